The Labute approximate surface area is 165 Å². The summed E-state index contributed by atoms with van der Waals surface area (Å²) in [4.78, 5) is 31.1. The zero-order chi connectivity index (χ0) is 19.9. The van der Waals surface area contributed by atoms with Crippen molar-refractivity contribution in [1.82, 2.24) is 15.8 Å². The van der Waals surface area contributed by atoms with Crippen molar-refractivity contribution in [3.8, 4) is 5.75 Å². The average molecular weight is 382 g/mol. The number of aryl methyl sites for hydroxylation is 2. The number of nitrogens with one attached hydrogen (secondary N) is 2. The van der Waals surface area contributed by atoms with Gasteiger partial charge in [0.25, 0.3) is 11.8 Å². The number of carbonyl (C=O) groups excluding carboxylic acids is 2. The van der Waals surface area contributed by atoms with Crippen LogP contribution in [0.1, 0.15) is 40.7 Å². The monoisotopic (exact) mass is 382 g/mol. The highest BCUT2D eigenvalue weighted by Gasteiger charge is 2.19. The summed E-state index contributed by atoms with van der Waals surface area (Å²) in [6, 6.07) is 9.18. The van der Waals surface area contributed by atoms with Crippen LogP contribution in [0.2, 0.25) is 0 Å². The molecule has 0 saturated carbocycles. The smallest absolute Gasteiger partial charge is 0.276 e. The molecule has 0 spiro atoms. The van der Waals surface area contributed by atoms with Crippen molar-refractivity contribution in [2.45, 2.75) is 33.1 Å². The second kappa shape index (κ2) is 9.21. The molecule has 0 unspecified atom stereocenters. The number of anilines is 1. The van der Waals surface area contributed by atoms with E-state index in [1.165, 1.54) is 6.42 Å². The fourth-order valence-electron chi connectivity index (χ4n) is 3.33. The number of hydrazine groups is 1. The van der Waals surface area contributed by atoms with Gasteiger partial charge in [-0.05, 0) is 68.5 Å². The second-order valence-corrected chi connectivity index (χ2v) is 7.04. The second-order valence-electron chi connectivity index (χ2n) is 7.04. The Hall–Kier alpha value is -3.09. The van der Waals surface area contributed by atoms with Crippen LogP contribution in [0.25, 0.3) is 0 Å². The summed E-state index contributed by atoms with van der Waals surface area (Å²) in [6.45, 7) is 5.51. The number of hydrogen-bond donors (Lipinski definition) is 2. The SMILES string of the molecule is Cc1cc(C)cc(OCC(=O)NNC(=O)c2cccnc2N2CCCCC2)c1. The van der Waals surface area contributed by atoms with Crippen molar-refractivity contribution in [3.05, 3.63) is 53.2 Å². The van der Waals surface area contributed by atoms with Gasteiger partial charge in [0.05, 0.1) is 5.56 Å². The molecule has 148 valence electrons. The van der Waals surface area contributed by atoms with Crippen LogP contribution in [0.15, 0.2) is 36.5 Å². The summed E-state index contributed by atoms with van der Waals surface area (Å²) in [7, 11) is 0. The molecule has 2 N–H and O–H groups in total. The Balaban J connectivity index is 1.54. The van der Waals surface area contributed by atoms with Crippen molar-refractivity contribution in [2.24, 2.45) is 0 Å². The largest absolute Gasteiger partial charge is 0.484 e. The van der Waals surface area contributed by atoms with E-state index in [9.17, 15) is 9.59 Å². The molecular formula is C21H26N4O3. The van der Waals surface area contributed by atoms with E-state index in [1.807, 2.05) is 32.0 Å². The summed E-state index contributed by atoms with van der Waals surface area (Å²) in [5.74, 6) is 0.448. The number of aromatic nitrogens is 1. The number of ether oxygens (including phenoxy) is 1. The topological polar surface area (TPSA) is 83.6 Å². The van der Waals surface area contributed by atoms with Crippen molar-refractivity contribution >= 4 is 17.6 Å². The zero-order valence-electron chi connectivity index (χ0n) is 16.3. The summed E-state index contributed by atoms with van der Waals surface area (Å²) < 4.78 is 5.50. The molecule has 1 aliphatic rings. The Morgan fingerprint density at radius 3 is 2.50 bits per heavy atom. The number of carbonyl (C=O) groups is 2. The van der Waals surface area contributed by atoms with E-state index in [0.29, 0.717) is 17.1 Å². The zero-order valence-corrected chi connectivity index (χ0v) is 16.3. The van der Waals surface area contributed by atoms with E-state index in [-0.39, 0.29) is 6.61 Å². The lowest BCUT2D eigenvalue weighted by molar-refractivity contribution is -0.123. The molecule has 0 atom stereocenters. The summed E-state index contributed by atoms with van der Waals surface area (Å²) >= 11 is 0. The van der Waals surface area contributed by atoms with Crippen LogP contribution in [0.5, 0.6) is 5.75 Å². The molecule has 1 aromatic carbocycles. The molecule has 2 heterocycles. The molecule has 1 aromatic heterocycles. The van der Waals surface area contributed by atoms with E-state index in [0.717, 1.165) is 37.1 Å². The molecule has 7 heteroatoms. The molecule has 1 fully saturated rings. The molecule has 3 rings (SSSR count). The average Bonchev–Trinajstić information content (AvgIpc) is 2.70. The van der Waals surface area contributed by atoms with Gasteiger partial charge in [-0.1, -0.05) is 6.07 Å². The van der Waals surface area contributed by atoms with E-state index < -0.39 is 11.8 Å². The number of amides is 2. The lowest BCUT2D eigenvalue weighted by Gasteiger charge is -2.29. The molecule has 0 radical (unpaired) electrons. The quantitative estimate of drug-likeness (QED) is 0.777. The van der Waals surface area contributed by atoms with Crippen LogP contribution < -0.4 is 20.5 Å². The van der Waals surface area contributed by atoms with Gasteiger partial charge in [0, 0.05) is 19.3 Å². The third-order valence-electron chi connectivity index (χ3n) is 4.57. The fourth-order valence-corrected chi connectivity index (χ4v) is 3.33. The summed E-state index contributed by atoms with van der Waals surface area (Å²) in [5.41, 5.74) is 7.42. The highest BCUT2D eigenvalue weighted by molar-refractivity contribution is 5.99. The first-order chi connectivity index (χ1) is 13.5. The van der Waals surface area contributed by atoms with Gasteiger partial charge in [0.15, 0.2) is 6.61 Å². The maximum Gasteiger partial charge on any atom is 0.276 e. The van der Waals surface area contributed by atoms with E-state index in [1.54, 1.807) is 18.3 Å². The maximum absolute atomic E-state index is 12.5. The fraction of sp³-hybridized carbons (Fsp3) is 0.381. The van der Waals surface area contributed by atoms with Crippen LogP contribution in [0.4, 0.5) is 5.82 Å². The lowest BCUT2D eigenvalue weighted by Crippen LogP contribution is -2.44. The highest BCUT2D eigenvalue weighted by atomic mass is 16.5. The molecule has 2 aromatic rings. The summed E-state index contributed by atoms with van der Waals surface area (Å²) in [5, 5.41) is 0. The van der Waals surface area contributed by atoms with Crippen LogP contribution in [0.3, 0.4) is 0 Å². The van der Waals surface area contributed by atoms with Gasteiger partial charge >= 0.3 is 0 Å². The van der Waals surface area contributed by atoms with Gasteiger partial charge in [-0.15, -0.1) is 0 Å². The van der Waals surface area contributed by atoms with Gasteiger partial charge in [-0.2, -0.15) is 0 Å². The van der Waals surface area contributed by atoms with E-state index in [2.05, 4.69) is 20.7 Å². The first-order valence-electron chi connectivity index (χ1n) is 9.53. The lowest BCUT2D eigenvalue weighted by atomic mass is 10.1. The molecular weight excluding hydrogens is 356 g/mol. The number of rotatable bonds is 5. The van der Waals surface area contributed by atoms with Crippen molar-refractivity contribution in [1.29, 1.82) is 0 Å². The third kappa shape index (κ3) is 5.22. The molecule has 2 amide bonds. The van der Waals surface area contributed by atoms with Crippen LogP contribution in [0, 0.1) is 13.8 Å². The Morgan fingerprint density at radius 1 is 1.07 bits per heavy atom. The van der Waals surface area contributed by atoms with Crippen LogP contribution in [-0.2, 0) is 4.79 Å². The van der Waals surface area contributed by atoms with Crippen molar-refractivity contribution in [2.75, 3.05) is 24.6 Å². The van der Waals surface area contributed by atoms with Gasteiger partial charge in [-0.3, -0.25) is 20.4 Å². The van der Waals surface area contributed by atoms with Crippen molar-refractivity contribution in [3.63, 3.8) is 0 Å². The van der Waals surface area contributed by atoms with Crippen LogP contribution >= 0.6 is 0 Å². The number of pyridine rings is 1. The predicted octanol–water partition coefficient (Wildman–Crippen LogP) is 2.53. The molecule has 0 bridgehead atoms. The molecule has 7 nitrogen and oxygen atoms in total. The number of piperidine rings is 1. The van der Waals surface area contributed by atoms with Gasteiger partial charge in [0.1, 0.15) is 11.6 Å². The molecule has 1 aliphatic heterocycles. The standard InChI is InChI=1S/C21H26N4O3/c1-15-11-16(2)13-17(12-15)28-14-19(26)23-24-21(27)18-7-6-8-22-20(18)25-9-4-3-5-10-25/h6-8,11-13H,3-5,9-10,14H2,1-2H3,(H,23,26)(H,24,27). The van der Waals surface area contributed by atoms with E-state index >= 15 is 0 Å². The minimum atomic E-state index is -0.434. The number of hydrogen-bond acceptors (Lipinski definition) is 5. The van der Waals surface area contributed by atoms with Gasteiger partial charge in [0.2, 0.25) is 0 Å². The Bertz CT molecular complexity index is 827. The van der Waals surface area contributed by atoms with Crippen LogP contribution in [-0.4, -0.2) is 36.5 Å². The molecule has 0 aliphatic carbocycles. The van der Waals surface area contributed by atoms with Gasteiger partial charge < -0.3 is 9.64 Å². The van der Waals surface area contributed by atoms with Gasteiger partial charge in [-0.25, -0.2) is 4.98 Å². The van der Waals surface area contributed by atoms with Crippen molar-refractivity contribution < 1.29 is 14.3 Å². The third-order valence-corrected chi connectivity index (χ3v) is 4.57. The summed E-state index contributed by atoms with van der Waals surface area (Å²) in [6.07, 6.45) is 5.05. The predicted molar refractivity (Wildman–Crippen MR) is 107 cm³/mol. The Morgan fingerprint density at radius 2 is 1.79 bits per heavy atom. The minimum Gasteiger partial charge on any atom is -0.484 e. The first-order valence-corrected chi connectivity index (χ1v) is 9.53. The molecule has 1 saturated heterocycles. The highest BCUT2D eigenvalue weighted by Crippen LogP contribution is 2.21. The minimum absolute atomic E-state index is 0.185. The normalized spacial score (nSPS) is 13.7. The number of nitrogens with zero attached hydrogens (tertiary/aromatic N) is 2. The Kier molecular flexibility index (Phi) is 6.47. The maximum atomic E-state index is 12.5. The van der Waals surface area contributed by atoms with E-state index in [4.69, 9.17) is 4.74 Å². The molecule has 28 heavy (non-hydrogen) atoms. The first kappa shape index (κ1) is 19.7. The number of benzene rings is 1.